The second-order valence-electron chi connectivity index (χ2n) is 15.8. The number of furan rings is 1. The lowest BCUT2D eigenvalue weighted by Crippen LogP contribution is -2.09. The van der Waals surface area contributed by atoms with E-state index < -0.39 is 0 Å². The molecule has 0 saturated carbocycles. The van der Waals surface area contributed by atoms with E-state index in [9.17, 15) is 0 Å². The number of anilines is 3. The van der Waals surface area contributed by atoms with Gasteiger partial charge in [0.25, 0.3) is 0 Å². The van der Waals surface area contributed by atoms with Crippen LogP contribution in [0.3, 0.4) is 0 Å². The molecule has 0 saturated heterocycles. The first-order valence-electron chi connectivity index (χ1n) is 20.8. The van der Waals surface area contributed by atoms with Crippen LogP contribution in [-0.4, -0.2) is 4.57 Å². The van der Waals surface area contributed by atoms with Crippen LogP contribution in [0.15, 0.2) is 235 Å². The van der Waals surface area contributed by atoms with Crippen LogP contribution in [0.1, 0.15) is 0 Å². The predicted octanol–water partition coefficient (Wildman–Crippen LogP) is 16.3. The van der Waals surface area contributed by atoms with E-state index in [0.717, 1.165) is 78.1 Å². The van der Waals surface area contributed by atoms with Crippen LogP contribution in [0.5, 0.6) is 0 Å². The SMILES string of the molecule is c1ccc(N(c2ccccc2)c2ccc3cc(-c4cc(-c5ccc6c7ccccc7n(-c7ccccc7)c6c5)cc(-c5cccc6c5oc5ccccc56)c4)ccc3c2)cc1. The van der Waals surface area contributed by atoms with Crippen molar-refractivity contribution in [1.29, 1.82) is 0 Å². The van der Waals surface area contributed by atoms with Gasteiger partial charge in [-0.3, -0.25) is 0 Å². The standard InChI is InChI=1S/C58H38N2O/c1-4-15-46(16-5-1)59(47-17-6-2-7-18-47)49-31-29-39-33-40(27-28-41(39)37-49)43-34-44(36-45(35-43)50-23-14-24-54-53-22-11-13-26-57(53)61-58(50)54)42-30-32-52-51-21-10-12-25-55(51)60(56(52)38-42)48-19-8-3-9-20-48/h1-38H. The molecule has 3 heteroatoms. The van der Waals surface area contributed by atoms with Gasteiger partial charge in [0.2, 0.25) is 0 Å². The second kappa shape index (κ2) is 14.3. The smallest absolute Gasteiger partial charge is 0.143 e. The monoisotopic (exact) mass is 778 g/mol. The highest BCUT2D eigenvalue weighted by Gasteiger charge is 2.18. The largest absolute Gasteiger partial charge is 0.455 e. The van der Waals surface area contributed by atoms with Crippen LogP contribution in [0.25, 0.3) is 93.6 Å². The maximum absolute atomic E-state index is 6.63. The molecule has 0 spiro atoms. The van der Waals surface area contributed by atoms with E-state index in [1.165, 1.54) is 32.6 Å². The zero-order valence-corrected chi connectivity index (χ0v) is 33.2. The van der Waals surface area contributed by atoms with Gasteiger partial charge in [-0.15, -0.1) is 0 Å². The van der Waals surface area contributed by atoms with Gasteiger partial charge in [0.15, 0.2) is 0 Å². The molecule has 2 heterocycles. The van der Waals surface area contributed by atoms with Crippen LogP contribution in [0, 0.1) is 0 Å². The molecule has 0 bridgehead atoms. The van der Waals surface area contributed by atoms with Gasteiger partial charge < -0.3 is 13.9 Å². The van der Waals surface area contributed by atoms with Crippen LogP contribution in [0.2, 0.25) is 0 Å². The lowest BCUT2D eigenvalue weighted by atomic mass is 9.91. The molecule has 0 N–H and O–H groups in total. The molecule has 0 atom stereocenters. The summed E-state index contributed by atoms with van der Waals surface area (Å²) in [6.07, 6.45) is 0. The third-order valence-corrected chi connectivity index (χ3v) is 12.1. The number of hydrogen-bond donors (Lipinski definition) is 0. The minimum atomic E-state index is 0.896. The van der Waals surface area contributed by atoms with Crippen molar-refractivity contribution in [3.63, 3.8) is 0 Å². The molecule has 0 fully saturated rings. The highest BCUT2D eigenvalue weighted by Crippen LogP contribution is 2.42. The molecule has 12 aromatic rings. The van der Waals surface area contributed by atoms with Crippen molar-refractivity contribution in [2.75, 3.05) is 4.90 Å². The Morgan fingerprint density at radius 1 is 0.328 bits per heavy atom. The molecule has 10 aromatic carbocycles. The van der Waals surface area contributed by atoms with E-state index in [2.05, 4.69) is 234 Å². The van der Waals surface area contributed by atoms with Gasteiger partial charge in [0.05, 0.1) is 11.0 Å². The molecular formula is C58H38N2O. The predicted molar refractivity (Wildman–Crippen MR) is 257 cm³/mol. The number of aromatic nitrogens is 1. The average Bonchev–Trinajstić information content (AvgIpc) is 3.88. The molecule has 0 aliphatic heterocycles. The summed E-state index contributed by atoms with van der Waals surface area (Å²) in [5, 5.41) is 7.09. The van der Waals surface area contributed by atoms with Gasteiger partial charge >= 0.3 is 0 Å². The summed E-state index contributed by atoms with van der Waals surface area (Å²) in [4.78, 5) is 2.32. The summed E-state index contributed by atoms with van der Waals surface area (Å²) >= 11 is 0. The topological polar surface area (TPSA) is 21.3 Å². The summed E-state index contributed by atoms with van der Waals surface area (Å²) in [7, 11) is 0. The molecule has 2 aromatic heterocycles. The summed E-state index contributed by atoms with van der Waals surface area (Å²) in [6.45, 7) is 0. The Labute approximate surface area is 353 Å². The number of nitrogens with zero attached hydrogens (tertiary/aromatic N) is 2. The number of rotatable bonds is 7. The Bertz CT molecular complexity index is 3540. The number of para-hydroxylation sites is 6. The Balaban J connectivity index is 1.04. The molecule has 0 amide bonds. The first-order valence-corrected chi connectivity index (χ1v) is 20.8. The fourth-order valence-corrected chi connectivity index (χ4v) is 9.25. The third-order valence-electron chi connectivity index (χ3n) is 12.1. The zero-order valence-electron chi connectivity index (χ0n) is 33.2. The molecular weight excluding hydrogens is 741 g/mol. The quantitative estimate of drug-likeness (QED) is 0.161. The molecule has 3 nitrogen and oxygen atoms in total. The summed E-state index contributed by atoms with van der Waals surface area (Å²) < 4.78 is 9.02. The average molecular weight is 779 g/mol. The van der Waals surface area contributed by atoms with Crippen molar-refractivity contribution in [1.82, 2.24) is 4.57 Å². The van der Waals surface area contributed by atoms with E-state index >= 15 is 0 Å². The molecule has 0 unspecified atom stereocenters. The van der Waals surface area contributed by atoms with Crippen molar-refractivity contribution in [3.05, 3.63) is 231 Å². The van der Waals surface area contributed by atoms with Crippen LogP contribution in [0.4, 0.5) is 17.1 Å². The summed E-state index contributed by atoms with van der Waals surface area (Å²) in [5.74, 6) is 0. The van der Waals surface area contributed by atoms with Crippen LogP contribution >= 0.6 is 0 Å². The fourth-order valence-electron chi connectivity index (χ4n) is 9.25. The van der Waals surface area contributed by atoms with E-state index in [0.29, 0.717) is 0 Å². The zero-order chi connectivity index (χ0) is 40.3. The van der Waals surface area contributed by atoms with Gasteiger partial charge in [-0.1, -0.05) is 140 Å². The molecule has 286 valence electrons. The number of fused-ring (bicyclic) bond motifs is 7. The highest BCUT2D eigenvalue weighted by molar-refractivity contribution is 6.11. The van der Waals surface area contributed by atoms with Crippen molar-refractivity contribution in [3.8, 4) is 39.1 Å². The first kappa shape index (κ1) is 34.9. The van der Waals surface area contributed by atoms with Crippen LogP contribution < -0.4 is 4.90 Å². The maximum Gasteiger partial charge on any atom is 0.143 e. The second-order valence-corrected chi connectivity index (χ2v) is 15.8. The summed E-state index contributed by atoms with van der Waals surface area (Å²) in [6, 6.07) is 83.0. The third kappa shape index (κ3) is 5.98. The highest BCUT2D eigenvalue weighted by atomic mass is 16.3. The lowest BCUT2D eigenvalue weighted by Gasteiger charge is -2.25. The van der Waals surface area contributed by atoms with Crippen molar-refractivity contribution in [2.24, 2.45) is 0 Å². The van der Waals surface area contributed by atoms with E-state index in [-0.39, 0.29) is 0 Å². The summed E-state index contributed by atoms with van der Waals surface area (Å²) in [5.41, 5.74) is 15.5. The Kier molecular flexibility index (Phi) is 8.17. The van der Waals surface area contributed by atoms with Gasteiger partial charge in [0, 0.05) is 49.9 Å². The van der Waals surface area contributed by atoms with Crippen LogP contribution in [-0.2, 0) is 0 Å². The maximum atomic E-state index is 6.63. The molecule has 0 aliphatic carbocycles. The van der Waals surface area contributed by atoms with Gasteiger partial charge in [-0.25, -0.2) is 0 Å². The van der Waals surface area contributed by atoms with Crippen molar-refractivity contribution >= 4 is 71.6 Å². The van der Waals surface area contributed by atoms with E-state index in [1.54, 1.807) is 0 Å². The molecule has 61 heavy (non-hydrogen) atoms. The van der Waals surface area contributed by atoms with Gasteiger partial charge in [-0.2, -0.15) is 0 Å². The first-order chi connectivity index (χ1) is 30.2. The number of benzene rings is 10. The normalized spacial score (nSPS) is 11.6. The number of hydrogen-bond acceptors (Lipinski definition) is 2. The van der Waals surface area contributed by atoms with Crippen molar-refractivity contribution in [2.45, 2.75) is 0 Å². The molecule has 0 aliphatic rings. The molecule has 12 rings (SSSR count). The van der Waals surface area contributed by atoms with Gasteiger partial charge in [-0.05, 0) is 130 Å². The Morgan fingerprint density at radius 3 is 1.67 bits per heavy atom. The van der Waals surface area contributed by atoms with Crippen molar-refractivity contribution < 1.29 is 4.42 Å². The fraction of sp³-hybridized carbons (Fsp3) is 0. The minimum absolute atomic E-state index is 0.896. The minimum Gasteiger partial charge on any atom is -0.455 e. The van der Waals surface area contributed by atoms with E-state index in [4.69, 9.17) is 4.42 Å². The van der Waals surface area contributed by atoms with E-state index in [1.807, 2.05) is 6.07 Å². The van der Waals surface area contributed by atoms with Gasteiger partial charge in [0.1, 0.15) is 11.2 Å². The Hall–Kier alpha value is -8.14. The Morgan fingerprint density at radius 2 is 0.902 bits per heavy atom. The molecule has 0 radical (unpaired) electrons. The lowest BCUT2D eigenvalue weighted by molar-refractivity contribution is 0.670.